The molecule has 13 aromatic rings. The molecule has 2 aromatic heterocycles. The van der Waals surface area contributed by atoms with Gasteiger partial charge in [-0.15, -0.1) is 0 Å². The van der Waals surface area contributed by atoms with E-state index >= 15 is 0 Å². The summed E-state index contributed by atoms with van der Waals surface area (Å²) in [5.74, 6) is 0. The van der Waals surface area contributed by atoms with Crippen molar-refractivity contribution in [2.45, 2.75) is 52.4 Å². The maximum absolute atomic E-state index is 6.50. The van der Waals surface area contributed by atoms with Crippen molar-refractivity contribution < 1.29 is 4.42 Å². The van der Waals surface area contributed by atoms with Crippen molar-refractivity contribution in [3.05, 3.63) is 264 Å². The molecule has 0 fully saturated rings. The molecule has 0 amide bonds. The van der Waals surface area contributed by atoms with Crippen molar-refractivity contribution in [3.63, 3.8) is 0 Å². The molecule has 0 N–H and O–H groups in total. The van der Waals surface area contributed by atoms with Crippen LogP contribution in [0, 0.1) is 13.8 Å². The first-order chi connectivity index (χ1) is 37.5. The highest BCUT2D eigenvalue weighted by molar-refractivity contribution is 6.11. The first kappa shape index (κ1) is 45.2. The van der Waals surface area contributed by atoms with Crippen LogP contribution in [0.2, 0.25) is 0 Å². The predicted octanol–water partition coefficient (Wildman–Crippen LogP) is 20.4. The molecule has 3 heteroatoms. The van der Waals surface area contributed by atoms with E-state index in [9.17, 15) is 0 Å². The van der Waals surface area contributed by atoms with Gasteiger partial charge in [-0.05, 0) is 165 Å². The van der Waals surface area contributed by atoms with Crippen molar-refractivity contribution in [3.8, 4) is 61.3 Å². The van der Waals surface area contributed by atoms with Crippen molar-refractivity contribution in [2.24, 2.45) is 0 Å². The van der Waals surface area contributed by atoms with Gasteiger partial charge in [0.1, 0.15) is 11.2 Å². The average molecular weight is 989 g/mol. The number of nitrogens with zero attached hydrogens (tertiary/aromatic N) is 2. The summed E-state index contributed by atoms with van der Waals surface area (Å²) in [5, 5.41) is 4.76. The Morgan fingerprint density at radius 2 is 0.870 bits per heavy atom. The molecule has 0 aliphatic heterocycles. The van der Waals surface area contributed by atoms with Crippen LogP contribution in [0.25, 0.3) is 105 Å². The van der Waals surface area contributed by atoms with Crippen LogP contribution in [0.3, 0.4) is 0 Å². The molecule has 2 heterocycles. The van der Waals surface area contributed by atoms with Gasteiger partial charge >= 0.3 is 0 Å². The molecule has 11 aromatic carbocycles. The van der Waals surface area contributed by atoms with Crippen molar-refractivity contribution in [1.29, 1.82) is 0 Å². The second-order valence-corrected chi connectivity index (χ2v) is 22.7. The van der Waals surface area contributed by atoms with Crippen LogP contribution in [-0.4, -0.2) is 4.57 Å². The van der Waals surface area contributed by atoms with Crippen LogP contribution in [0.1, 0.15) is 61.1 Å². The van der Waals surface area contributed by atoms with Gasteiger partial charge in [0.2, 0.25) is 0 Å². The standard InChI is InChI=1S/C74H56N2O/c1-45-38-46(2)40-51(39-45)50-26-34-58-60-36-33-55(44-68(60)74(5,6)66(58)42-50)76-69-20-11-8-15-61(69)64-41-49(27-37-70(64)76)47-22-28-52(29-23-47)75(54-32-35-59-57-14-7-10-19-65(57)73(3,4)67(59)43-54)53-30-24-48(25-31-53)56-17-13-18-63-62-16-9-12-21-71(62)77-72(56)63/h7-44H,1-6H3. The molecule has 0 spiro atoms. The Bertz CT molecular complexity index is 4560. The van der Waals surface area contributed by atoms with E-state index in [1.54, 1.807) is 0 Å². The lowest BCUT2D eigenvalue weighted by Gasteiger charge is -2.28. The van der Waals surface area contributed by atoms with Crippen LogP contribution in [0.4, 0.5) is 17.1 Å². The number of hydrogen-bond donors (Lipinski definition) is 0. The molecule has 2 aliphatic rings. The third kappa shape index (κ3) is 6.89. The number of hydrogen-bond acceptors (Lipinski definition) is 2. The van der Waals surface area contributed by atoms with Gasteiger partial charge in [0.05, 0.1) is 11.0 Å². The number of benzene rings is 11. The van der Waals surface area contributed by atoms with Gasteiger partial charge < -0.3 is 13.9 Å². The van der Waals surface area contributed by atoms with E-state index in [0.29, 0.717) is 0 Å². The van der Waals surface area contributed by atoms with Gasteiger partial charge in [-0.1, -0.05) is 190 Å². The molecule has 77 heavy (non-hydrogen) atoms. The van der Waals surface area contributed by atoms with Crippen LogP contribution < -0.4 is 4.90 Å². The highest BCUT2D eigenvalue weighted by Gasteiger charge is 2.37. The summed E-state index contributed by atoms with van der Waals surface area (Å²) in [4.78, 5) is 2.41. The van der Waals surface area contributed by atoms with E-state index in [1.165, 1.54) is 105 Å². The fourth-order valence-electron chi connectivity index (χ4n) is 13.5. The fraction of sp³-hybridized carbons (Fsp3) is 0.108. The van der Waals surface area contributed by atoms with E-state index in [4.69, 9.17) is 4.42 Å². The lowest BCUT2D eigenvalue weighted by molar-refractivity contribution is 0.660. The lowest BCUT2D eigenvalue weighted by atomic mass is 9.81. The summed E-state index contributed by atoms with van der Waals surface area (Å²) in [5.41, 5.74) is 28.9. The Labute approximate surface area is 449 Å². The Hall–Kier alpha value is -9.18. The summed E-state index contributed by atoms with van der Waals surface area (Å²) in [6, 6.07) is 85.8. The van der Waals surface area contributed by atoms with Gasteiger partial charge in [-0.2, -0.15) is 0 Å². The molecule has 0 unspecified atom stereocenters. The molecular weight excluding hydrogens is 933 g/mol. The van der Waals surface area contributed by atoms with Gasteiger partial charge in [0.15, 0.2) is 0 Å². The molecule has 3 nitrogen and oxygen atoms in total. The Morgan fingerprint density at radius 1 is 0.338 bits per heavy atom. The van der Waals surface area contributed by atoms with Crippen LogP contribution >= 0.6 is 0 Å². The van der Waals surface area contributed by atoms with Crippen LogP contribution in [0.5, 0.6) is 0 Å². The molecule has 0 atom stereocenters. The molecule has 368 valence electrons. The number of aromatic nitrogens is 1. The number of aryl methyl sites for hydroxylation is 2. The second-order valence-electron chi connectivity index (χ2n) is 22.7. The second kappa shape index (κ2) is 16.7. The minimum atomic E-state index is -0.166. The maximum Gasteiger partial charge on any atom is 0.143 e. The zero-order valence-corrected chi connectivity index (χ0v) is 44.2. The van der Waals surface area contributed by atoms with E-state index < -0.39 is 0 Å². The minimum Gasteiger partial charge on any atom is -0.455 e. The van der Waals surface area contributed by atoms with Gasteiger partial charge in [-0.25, -0.2) is 0 Å². The average Bonchev–Trinajstić information content (AvgIpc) is 4.28. The van der Waals surface area contributed by atoms with Gasteiger partial charge in [0.25, 0.3) is 0 Å². The third-order valence-corrected chi connectivity index (χ3v) is 17.3. The highest BCUT2D eigenvalue weighted by Crippen LogP contribution is 2.53. The Balaban J connectivity index is 0.797. The molecule has 2 aliphatic carbocycles. The number of anilines is 3. The van der Waals surface area contributed by atoms with Crippen molar-refractivity contribution in [1.82, 2.24) is 4.57 Å². The number of para-hydroxylation sites is 3. The quantitative estimate of drug-likeness (QED) is 0.159. The summed E-state index contributed by atoms with van der Waals surface area (Å²) < 4.78 is 8.96. The lowest BCUT2D eigenvalue weighted by Crippen LogP contribution is -2.16. The van der Waals surface area contributed by atoms with Crippen LogP contribution in [0.15, 0.2) is 235 Å². The smallest absolute Gasteiger partial charge is 0.143 e. The molecule has 0 bridgehead atoms. The summed E-state index contributed by atoms with van der Waals surface area (Å²) in [6.07, 6.45) is 0. The number of rotatable bonds is 7. The van der Waals surface area contributed by atoms with Gasteiger partial charge in [0, 0.05) is 60.7 Å². The van der Waals surface area contributed by atoms with E-state index in [1.807, 2.05) is 6.07 Å². The highest BCUT2D eigenvalue weighted by atomic mass is 16.3. The molecule has 15 rings (SSSR count). The largest absolute Gasteiger partial charge is 0.455 e. The first-order valence-corrected chi connectivity index (χ1v) is 27.1. The Kier molecular flexibility index (Phi) is 9.79. The van der Waals surface area contributed by atoms with E-state index in [-0.39, 0.29) is 10.8 Å². The topological polar surface area (TPSA) is 21.3 Å². The summed E-state index contributed by atoms with van der Waals surface area (Å²) in [7, 11) is 0. The van der Waals surface area contributed by atoms with Gasteiger partial charge in [-0.3, -0.25) is 0 Å². The first-order valence-electron chi connectivity index (χ1n) is 27.1. The zero-order valence-electron chi connectivity index (χ0n) is 44.2. The van der Waals surface area contributed by atoms with Crippen LogP contribution in [-0.2, 0) is 10.8 Å². The monoisotopic (exact) mass is 988 g/mol. The predicted molar refractivity (Wildman–Crippen MR) is 324 cm³/mol. The molecular formula is C74H56N2O. The summed E-state index contributed by atoms with van der Waals surface area (Å²) >= 11 is 0. The molecule has 0 saturated heterocycles. The number of furan rings is 1. The SMILES string of the molecule is Cc1cc(C)cc(-c2ccc3c(c2)C(C)(C)c2cc(-n4c5ccccc5c5cc(-c6ccc(N(c7ccc(-c8cccc9c8oc8ccccc89)cc7)c7ccc8c(c7)C(C)(C)c7ccccc7-8)cc6)ccc54)ccc2-3)c1. The van der Waals surface area contributed by atoms with Crippen molar-refractivity contribution in [2.75, 3.05) is 4.90 Å². The molecule has 0 radical (unpaired) electrons. The number of fused-ring (bicyclic) bond motifs is 12. The maximum atomic E-state index is 6.50. The summed E-state index contributed by atoms with van der Waals surface area (Å²) in [6.45, 7) is 13.9. The molecule has 0 saturated carbocycles. The van der Waals surface area contributed by atoms with E-state index in [2.05, 4.69) is 275 Å². The van der Waals surface area contributed by atoms with Crippen molar-refractivity contribution >= 4 is 60.8 Å². The third-order valence-electron chi connectivity index (χ3n) is 17.3. The normalized spacial score (nSPS) is 13.8. The zero-order chi connectivity index (χ0) is 51.9. The Morgan fingerprint density at radius 3 is 1.65 bits per heavy atom. The van der Waals surface area contributed by atoms with E-state index in [0.717, 1.165) is 50.1 Å². The minimum absolute atomic E-state index is 0.136. The fourth-order valence-corrected chi connectivity index (χ4v) is 13.5.